The van der Waals surface area contributed by atoms with Gasteiger partial charge in [0.15, 0.2) is 0 Å². The van der Waals surface area contributed by atoms with Gasteiger partial charge in [0.25, 0.3) is 0 Å². The van der Waals surface area contributed by atoms with E-state index in [-0.39, 0.29) is 0 Å². The van der Waals surface area contributed by atoms with Crippen molar-refractivity contribution in [3.05, 3.63) is 0 Å². The van der Waals surface area contributed by atoms with E-state index in [1.807, 2.05) is 0 Å². The van der Waals surface area contributed by atoms with E-state index in [9.17, 15) is 4.79 Å². The molecule has 2 saturated heterocycles. The fraction of sp³-hybridized carbons (Fsp3) is 0.947. The summed E-state index contributed by atoms with van der Waals surface area (Å²) < 4.78 is 0. The quantitative estimate of drug-likeness (QED) is 0.796. The summed E-state index contributed by atoms with van der Waals surface area (Å²) in [6.07, 6.45) is 4.96. The number of hydrogen-bond donors (Lipinski definition) is 0. The van der Waals surface area contributed by atoms with Gasteiger partial charge in [-0.05, 0) is 76.3 Å². The minimum Gasteiger partial charge on any atom is -0.342 e. The maximum Gasteiger partial charge on any atom is 0.225 e. The van der Waals surface area contributed by atoms with Crippen LogP contribution >= 0.6 is 0 Å². The Hall–Kier alpha value is -0.570. The van der Waals surface area contributed by atoms with E-state index in [1.54, 1.807) is 0 Å². The summed E-state index contributed by atoms with van der Waals surface area (Å²) in [6.45, 7) is 13.8. The molecule has 0 aromatic rings. The van der Waals surface area contributed by atoms with Crippen LogP contribution in [0.3, 0.4) is 0 Å². The zero-order valence-electron chi connectivity index (χ0n) is 14.9. The van der Waals surface area contributed by atoms with Gasteiger partial charge in [-0.2, -0.15) is 0 Å². The second kappa shape index (κ2) is 6.51. The van der Waals surface area contributed by atoms with Gasteiger partial charge in [0.05, 0.1) is 0 Å². The Balaban J connectivity index is 1.37. The van der Waals surface area contributed by atoms with Crippen molar-refractivity contribution in [1.29, 1.82) is 0 Å². The number of rotatable bonds is 4. The molecule has 0 radical (unpaired) electrons. The molecule has 0 unspecified atom stereocenters. The van der Waals surface area contributed by atoms with Crippen molar-refractivity contribution in [1.82, 2.24) is 9.80 Å². The van der Waals surface area contributed by atoms with Gasteiger partial charge in [-0.15, -0.1) is 0 Å². The van der Waals surface area contributed by atoms with Gasteiger partial charge in [-0.1, -0.05) is 13.8 Å². The van der Waals surface area contributed by atoms with Crippen molar-refractivity contribution < 1.29 is 4.79 Å². The Labute approximate surface area is 136 Å². The van der Waals surface area contributed by atoms with Gasteiger partial charge in [-0.25, -0.2) is 0 Å². The topological polar surface area (TPSA) is 23.6 Å². The molecule has 0 spiro atoms. The van der Waals surface area contributed by atoms with Crippen molar-refractivity contribution in [3.63, 3.8) is 0 Å². The Bertz CT molecular complexity index is 386. The predicted molar refractivity (Wildman–Crippen MR) is 90.6 cm³/mol. The van der Waals surface area contributed by atoms with Crippen LogP contribution in [-0.2, 0) is 4.79 Å². The zero-order valence-corrected chi connectivity index (χ0v) is 14.9. The van der Waals surface area contributed by atoms with Crippen molar-refractivity contribution >= 4 is 5.91 Å². The molecule has 1 saturated carbocycles. The zero-order chi connectivity index (χ0) is 15.9. The highest BCUT2D eigenvalue weighted by molar-refractivity contribution is 5.80. The number of likely N-dealkylation sites (tertiary alicyclic amines) is 2. The SMILES string of the molecule is CC(C)C1CC(C(=O)N2CC(C3CCN(C(C)C)CC3)C2)C1. The molecule has 2 heterocycles. The van der Waals surface area contributed by atoms with Crippen LogP contribution in [0.1, 0.15) is 53.4 Å². The number of hydrogen-bond acceptors (Lipinski definition) is 2. The lowest BCUT2D eigenvalue weighted by atomic mass is 9.68. The average molecular weight is 306 g/mol. The molecule has 0 atom stereocenters. The smallest absolute Gasteiger partial charge is 0.225 e. The highest BCUT2D eigenvalue weighted by Gasteiger charge is 2.43. The molecule has 0 aromatic heterocycles. The van der Waals surface area contributed by atoms with E-state index in [4.69, 9.17) is 0 Å². The number of nitrogens with zero attached hydrogens (tertiary/aromatic N) is 2. The monoisotopic (exact) mass is 306 g/mol. The summed E-state index contributed by atoms with van der Waals surface area (Å²) in [4.78, 5) is 17.2. The lowest BCUT2D eigenvalue weighted by molar-refractivity contribution is -0.149. The Morgan fingerprint density at radius 3 is 2.05 bits per heavy atom. The first-order chi connectivity index (χ1) is 10.5. The highest BCUT2D eigenvalue weighted by Crippen LogP contribution is 2.41. The lowest BCUT2D eigenvalue weighted by Crippen LogP contribution is -2.57. The van der Waals surface area contributed by atoms with Crippen LogP contribution in [0.25, 0.3) is 0 Å². The third-order valence-electron chi connectivity index (χ3n) is 6.66. The van der Waals surface area contributed by atoms with Crippen LogP contribution in [0, 0.1) is 29.6 Å². The Morgan fingerprint density at radius 1 is 0.955 bits per heavy atom. The first-order valence-corrected chi connectivity index (χ1v) is 9.48. The van der Waals surface area contributed by atoms with Crippen LogP contribution in [0.2, 0.25) is 0 Å². The summed E-state index contributed by atoms with van der Waals surface area (Å²) in [7, 11) is 0. The second-order valence-corrected chi connectivity index (χ2v) is 8.64. The molecule has 3 heteroatoms. The molecule has 126 valence electrons. The number of amides is 1. The van der Waals surface area contributed by atoms with Crippen molar-refractivity contribution in [2.75, 3.05) is 26.2 Å². The summed E-state index contributed by atoms with van der Waals surface area (Å²) in [6, 6.07) is 0.688. The molecule has 2 aliphatic heterocycles. The fourth-order valence-electron chi connectivity index (χ4n) is 4.56. The molecular formula is C19H34N2O. The van der Waals surface area contributed by atoms with E-state index in [0.717, 1.165) is 49.6 Å². The van der Waals surface area contributed by atoms with Gasteiger partial charge in [0.1, 0.15) is 0 Å². The first kappa shape index (κ1) is 16.3. The standard InChI is InChI=1S/C19H34N2O/c1-13(2)16-9-17(10-16)19(22)21-11-18(12-21)15-5-7-20(8-6-15)14(3)4/h13-18H,5-12H2,1-4H3. The summed E-state index contributed by atoms with van der Waals surface area (Å²) in [5.74, 6) is 4.03. The average Bonchev–Trinajstić information content (AvgIpc) is 2.35. The molecule has 22 heavy (non-hydrogen) atoms. The molecule has 3 nitrogen and oxygen atoms in total. The molecule has 3 rings (SSSR count). The predicted octanol–water partition coefficient (Wildman–Crippen LogP) is 3.25. The van der Waals surface area contributed by atoms with E-state index in [0.29, 0.717) is 17.9 Å². The molecule has 3 aliphatic rings. The summed E-state index contributed by atoms with van der Waals surface area (Å²) in [5.41, 5.74) is 0. The van der Waals surface area contributed by atoms with Crippen LogP contribution in [0.15, 0.2) is 0 Å². The van der Waals surface area contributed by atoms with Gasteiger partial charge in [0.2, 0.25) is 5.91 Å². The Morgan fingerprint density at radius 2 is 1.55 bits per heavy atom. The molecule has 0 aromatic carbocycles. The van der Waals surface area contributed by atoms with Gasteiger partial charge >= 0.3 is 0 Å². The lowest BCUT2D eigenvalue weighted by Gasteiger charge is -2.49. The molecule has 3 fully saturated rings. The van der Waals surface area contributed by atoms with Crippen molar-refractivity contribution in [2.45, 2.75) is 59.4 Å². The largest absolute Gasteiger partial charge is 0.342 e. The molecule has 1 aliphatic carbocycles. The van der Waals surface area contributed by atoms with Gasteiger partial charge in [0, 0.05) is 25.0 Å². The maximum atomic E-state index is 12.5. The minimum atomic E-state index is 0.358. The maximum absolute atomic E-state index is 12.5. The molecule has 0 bridgehead atoms. The van der Waals surface area contributed by atoms with Gasteiger partial charge < -0.3 is 9.80 Å². The highest BCUT2D eigenvalue weighted by atomic mass is 16.2. The normalized spacial score (nSPS) is 31.5. The van der Waals surface area contributed by atoms with E-state index < -0.39 is 0 Å². The number of carbonyl (C=O) groups is 1. The molecular weight excluding hydrogens is 272 g/mol. The van der Waals surface area contributed by atoms with Crippen molar-refractivity contribution in [2.24, 2.45) is 29.6 Å². The van der Waals surface area contributed by atoms with Crippen molar-refractivity contribution in [3.8, 4) is 0 Å². The fourth-order valence-corrected chi connectivity index (χ4v) is 4.56. The molecule has 1 amide bonds. The summed E-state index contributed by atoms with van der Waals surface area (Å²) in [5, 5.41) is 0. The van der Waals surface area contributed by atoms with E-state index >= 15 is 0 Å². The third kappa shape index (κ3) is 3.20. The molecule has 0 N–H and O–H groups in total. The first-order valence-electron chi connectivity index (χ1n) is 9.48. The van der Waals surface area contributed by atoms with Gasteiger partial charge in [-0.3, -0.25) is 4.79 Å². The Kier molecular flexibility index (Phi) is 4.82. The number of carbonyl (C=O) groups excluding carboxylic acids is 1. The summed E-state index contributed by atoms with van der Waals surface area (Å²) >= 11 is 0. The van der Waals surface area contributed by atoms with Crippen LogP contribution in [0.5, 0.6) is 0 Å². The third-order valence-corrected chi connectivity index (χ3v) is 6.66. The second-order valence-electron chi connectivity index (χ2n) is 8.64. The minimum absolute atomic E-state index is 0.358. The van der Waals surface area contributed by atoms with Crippen LogP contribution in [-0.4, -0.2) is 47.9 Å². The van der Waals surface area contributed by atoms with E-state index in [1.165, 1.54) is 25.9 Å². The van der Waals surface area contributed by atoms with Crippen LogP contribution in [0.4, 0.5) is 0 Å². The van der Waals surface area contributed by atoms with Crippen LogP contribution < -0.4 is 0 Å². The van der Waals surface area contributed by atoms with E-state index in [2.05, 4.69) is 37.5 Å². The number of piperidine rings is 1.